The fraction of sp³-hybridized carbons (Fsp3) is 0.545. The second-order valence-electron chi connectivity index (χ2n) is 3.31. The highest BCUT2D eigenvalue weighted by Crippen LogP contribution is 2.08. The lowest BCUT2D eigenvalue weighted by Crippen LogP contribution is -2.26. The van der Waals surface area contributed by atoms with Gasteiger partial charge in [-0.15, -0.1) is 0 Å². The fourth-order valence-corrected chi connectivity index (χ4v) is 1.34. The molecule has 0 fully saturated rings. The number of nitrogens with one attached hydrogen (secondary N) is 1. The maximum atomic E-state index is 5.14. The van der Waals surface area contributed by atoms with Gasteiger partial charge in [-0.25, -0.2) is 0 Å². The standard InChI is InChI=1S/C11H18N2O2/c1-14-8-5-11(9-15-2)13-10-3-6-12-7-4-10/h3-4,6-7,11H,5,8-9H2,1-2H3,(H,12,13). The summed E-state index contributed by atoms with van der Waals surface area (Å²) in [6, 6.07) is 4.16. The largest absolute Gasteiger partial charge is 0.385 e. The van der Waals surface area contributed by atoms with Crippen molar-refractivity contribution in [3.63, 3.8) is 0 Å². The SMILES string of the molecule is COCCC(COC)Nc1ccncc1. The molecule has 0 bridgehead atoms. The molecule has 4 nitrogen and oxygen atoms in total. The summed E-state index contributed by atoms with van der Waals surface area (Å²) in [5.41, 5.74) is 1.06. The number of hydrogen-bond acceptors (Lipinski definition) is 4. The third-order valence-electron chi connectivity index (χ3n) is 2.09. The molecule has 0 saturated heterocycles. The quantitative estimate of drug-likeness (QED) is 0.741. The predicted octanol–water partition coefficient (Wildman–Crippen LogP) is 1.54. The fourth-order valence-electron chi connectivity index (χ4n) is 1.34. The van der Waals surface area contributed by atoms with Gasteiger partial charge >= 0.3 is 0 Å². The zero-order chi connectivity index (χ0) is 10.9. The van der Waals surface area contributed by atoms with E-state index >= 15 is 0 Å². The minimum Gasteiger partial charge on any atom is -0.385 e. The van der Waals surface area contributed by atoms with Crippen LogP contribution in [0.2, 0.25) is 0 Å². The second-order valence-corrected chi connectivity index (χ2v) is 3.31. The number of aromatic nitrogens is 1. The molecule has 1 heterocycles. The van der Waals surface area contributed by atoms with Crippen molar-refractivity contribution >= 4 is 5.69 Å². The Hall–Kier alpha value is -1.13. The highest BCUT2D eigenvalue weighted by molar-refractivity contribution is 5.41. The van der Waals surface area contributed by atoms with E-state index < -0.39 is 0 Å². The maximum absolute atomic E-state index is 5.14. The van der Waals surface area contributed by atoms with Crippen LogP contribution in [0.3, 0.4) is 0 Å². The van der Waals surface area contributed by atoms with Crippen molar-refractivity contribution in [2.24, 2.45) is 0 Å². The van der Waals surface area contributed by atoms with Crippen LogP contribution in [0.25, 0.3) is 0 Å². The van der Waals surface area contributed by atoms with Gasteiger partial charge in [0.1, 0.15) is 0 Å². The van der Waals surface area contributed by atoms with Gasteiger partial charge in [-0.3, -0.25) is 4.98 Å². The molecule has 0 spiro atoms. The number of anilines is 1. The van der Waals surface area contributed by atoms with Crippen LogP contribution in [0.5, 0.6) is 0 Å². The minimum atomic E-state index is 0.275. The van der Waals surface area contributed by atoms with Crippen molar-refractivity contribution < 1.29 is 9.47 Å². The molecule has 0 aliphatic heterocycles. The molecule has 1 aromatic heterocycles. The van der Waals surface area contributed by atoms with E-state index in [1.807, 2.05) is 12.1 Å². The summed E-state index contributed by atoms with van der Waals surface area (Å²) in [6.07, 6.45) is 4.46. The Bertz CT molecular complexity index is 254. The summed E-state index contributed by atoms with van der Waals surface area (Å²) in [6.45, 7) is 1.40. The van der Waals surface area contributed by atoms with Gasteiger partial charge in [-0.05, 0) is 18.6 Å². The Morgan fingerprint density at radius 1 is 1.27 bits per heavy atom. The van der Waals surface area contributed by atoms with Gasteiger partial charge < -0.3 is 14.8 Å². The number of hydrogen-bond donors (Lipinski definition) is 1. The third kappa shape index (κ3) is 4.76. The van der Waals surface area contributed by atoms with Crippen LogP contribution in [0.15, 0.2) is 24.5 Å². The maximum Gasteiger partial charge on any atom is 0.0664 e. The monoisotopic (exact) mass is 210 g/mol. The molecule has 0 aliphatic carbocycles. The smallest absolute Gasteiger partial charge is 0.0664 e. The molecule has 1 unspecified atom stereocenters. The lowest BCUT2D eigenvalue weighted by molar-refractivity contribution is 0.150. The molecule has 4 heteroatoms. The van der Waals surface area contributed by atoms with Crippen molar-refractivity contribution in [1.29, 1.82) is 0 Å². The molecule has 0 radical (unpaired) electrons. The molecule has 1 atom stereocenters. The number of nitrogens with zero attached hydrogens (tertiary/aromatic N) is 1. The topological polar surface area (TPSA) is 43.4 Å². The first kappa shape index (κ1) is 11.9. The number of methoxy groups -OCH3 is 2. The summed E-state index contributed by atoms with van der Waals surface area (Å²) in [7, 11) is 3.41. The Labute approximate surface area is 90.6 Å². The van der Waals surface area contributed by atoms with E-state index in [4.69, 9.17) is 9.47 Å². The van der Waals surface area contributed by atoms with E-state index in [1.54, 1.807) is 26.6 Å². The van der Waals surface area contributed by atoms with Crippen LogP contribution in [0.1, 0.15) is 6.42 Å². The van der Waals surface area contributed by atoms with E-state index in [-0.39, 0.29) is 6.04 Å². The van der Waals surface area contributed by atoms with Crippen molar-refractivity contribution in [2.75, 3.05) is 32.8 Å². The lowest BCUT2D eigenvalue weighted by Gasteiger charge is -2.18. The number of rotatable bonds is 7. The average Bonchev–Trinajstić information content (AvgIpc) is 2.28. The lowest BCUT2D eigenvalue weighted by atomic mass is 10.2. The molecule has 0 amide bonds. The molecule has 1 aromatic rings. The highest BCUT2D eigenvalue weighted by Gasteiger charge is 2.07. The summed E-state index contributed by atoms with van der Waals surface area (Å²) in [5.74, 6) is 0. The van der Waals surface area contributed by atoms with Gasteiger partial charge in [0, 0.05) is 38.9 Å². The van der Waals surface area contributed by atoms with Gasteiger partial charge in [0.2, 0.25) is 0 Å². The molecule has 1 rings (SSSR count). The van der Waals surface area contributed by atoms with E-state index in [1.165, 1.54) is 0 Å². The zero-order valence-electron chi connectivity index (χ0n) is 9.27. The van der Waals surface area contributed by atoms with Gasteiger partial charge in [0.25, 0.3) is 0 Å². The van der Waals surface area contributed by atoms with E-state index in [0.29, 0.717) is 6.61 Å². The van der Waals surface area contributed by atoms with Gasteiger partial charge in [-0.2, -0.15) is 0 Å². The van der Waals surface area contributed by atoms with Gasteiger partial charge in [-0.1, -0.05) is 0 Å². The Morgan fingerprint density at radius 2 is 2.00 bits per heavy atom. The molecule has 84 valence electrons. The first-order valence-corrected chi connectivity index (χ1v) is 5.01. The average molecular weight is 210 g/mol. The molecule has 15 heavy (non-hydrogen) atoms. The molecule has 1 N–H and O–H groups in total. The van der Waals surface area contributed by atoms with Crippen molar-refractivity contribution in [1.82, 2.24) is 4.98 Å². The van der Waals surface area contributed by atoms with E-state index in [2.05, 4.69) is 10.3 Å². The summed E-state index contributed by atoms with van der Waals surface area (Å²) >= 11 is 0. The minimum absolute atomic E-state index is 0.275. The van der Waals surface area contributed by atoms with E-state index in [0.717, 1.165) is 18.7 Å². The Morgan fingerprint density at radius 3 is 2.60 bits per heavy atom. The van der Waals surface area contributed by atoms with Crippen LogP contribution in [0.4, 0.5) is 5.69 Å². The predicted molar refractivity (Wildman–Crippen MR) is 60.0 cm³/mol. The van der Waals surface area contributed by atoms with Crippen LogP contribution in [-0.2, 0) is 9.47 Å². The van der Waals surface area contributed by atoms with Crippen molar-refractivity contribution in [2.45, 2.75) is 12.5 Å². The third-order valence-corrected chi connectivity index (χ3v) is 2.09. The molecular formula is C11H18N2O2. The first-order valence-electron chi connectivity index (χ1n) is 5.01. The van der Waals surface area contributed by atoms with Gasteiger partial charge in [0.05, 0.1) is 12.6 Å². The highest BCUT2D eigenvalue weighted by atomic mass is 16.5. The van der Waals surface area contributed by atoms with Crippen LogP contribution in [-0.4, -0.2) is 38.5 Å². The summed E-state index contributed by atoms with van der Waals surface area (Å²) in [5, 5.41) is 3.37. The van der Waals surface area contributed by atoms with Gasteiger partial charge in [0.15, 0.2) is 0 Å². The zero-order valence-corrected chi connectivity index (χ0v) is 9.27. The molecular weight excluding hydrogens is 192 g/mol. The molecule has 0 aromatic carbocycles. The Balaban J connectivity index is 2.43. The van der Waals surface area contributed by atoms with E-state index in [9.17, 15) is 0 Å². The number of ether oxygens (including phenoxy) is 2. The normalized spacial score (nSPS) is 12.4. The van der Waals surface area contributed by atoms with Crippen LogP contribution in [0, 0.1) is 0 Å². The first-order chi connectivity index (χ1) is 7.36. The Kier molecular flexibility index (Phi) is 5.73. The summed E-state index contributed by atoms with van der Waals surface area (Å²) in [4.78, 5) is 3.96. The molecule has 0 saturated carbocycles. The second kappa shape index (κ2) is 7.20. The van der Waals surface area contributed by atoms with Crippen molar-refractivity contribution in [3.05, 3.63) is 24.5 Å². The summed E-state index contributed by atoms with van der Waals surface area (Å²) < 4.78 is 10.2. The number of pyridine rings is 1. The van der Waals surface area contributed by atoms with Crippen molar-refractivity contribution in [3.8, 4) is 0 Å². The van der Waals surface area contributed by atoms with Crippen LogP contribution >= 0.6 is 0 Å². The van der Waals surface area contributed by atoms with Crippen LogP contribution < -0.4 is 5.32 Å². The molecule has 0 aliphatic rings.